The van der Waals surface area contributed by atoms with Gasteiger partial charge in [0.2, 0.25) is 5.91 Å². The van der Waals surface area contributed by atoms with Crippen LogP contribution in [-0.2, 0) is 11.8 Å². The SMILES string of the molecule is Cn1c(SCCC(=O)Nc2cccc(Cl)c2)nc2ccccc2c1=O. The number of thioether (sulfide) groups is 1. The fraction of sp³-hybridized carbons (Fsp3) is 0.167. The molecule has 128 valence electrons. The molecular formula is C18H16ClN3O2S. The van der Waals surface area contributed by atoms with Crippen LogP contribution in [0.4, 0.5) is 5.69 Å². The van der Waals surface area contributed by atoms with Crippen LogP contribution in [-0.4, -0.2) is 21.2 Å². The molecule has 0 bridgehead atoms. The minimum atomic E-state index is -0.111. The van der Waals surface area contributed by atoms with Crippen LogP contribution in [0.2, 0.25) is 5.02 Å². The predicted molar refractivity (Wildman–Crippen MR) is 102 cm³/mol. The van der Waals surface area contributed by atoms with Crippen LogP contribution in [0.15, 0.2) is 58.5 Å². The number of carbonyl (C=O) groups is 1. The molecule has 1 amide bonds. The van der Waals surface area contributed by atoms with Crippen LogP contribution in [0.3, 0.4) is 0 Å². The number of amides is 1. The Morgan fingerprint density at radius 2 is 2.04 bits per heavy atom. The Morgan fingerprint density at radius 3 is 2.84 bits per heavy atom. The highest BCUT2D eigenvalue weighted by atomic mass is 35.5. The van der Waals surface area contributed by atoms with E-state index in [0.717, 1.165) is 0 Å². The molecule has 0 atom stereocenters. The van der Waals surface area contributed by atoms with Crippen molar-refractivity contribution >= 4 is 45.9 Å². The normalized spacial score (nSPS) is 10.8. The molecule has 0 spiro atoms. The Bertz CT molecular complexity index is 987. The Kier molecular flexibility index (Phi) is 5.40. The summed E-state index contributed by atoms with van der Waals surface area (Å²) in [6.45, 7) is 0. The lowest BCUT2D eigenvalue weighted by atomic mass is 10.2. The third-order valence-corrected chi connectivity index (χ3v) is 4.88. The second-order valence-corrected chi connectivity index (χ2v) is 6.93. The van der Waals surface area contributed by atoms with E-state index in [4.69, 9.17) is 11.6 Å². The number of halogens is 1. The molecule has 2 aromatic carbocycles. The highest BCUT2D eigenvalue weighted by Gasteiger charge is 2.09. The molecule has 25 heavy (non-hydrogen) atoms. The number of carbonyl (C=O) groups excluding carboxylic acids is 1. The summed E-state index contributed by atoms with van der Waals surface area (Å²) < 4.78 is 1.52. The minimum Gasteiger partial charge on any atom is -0.326 e. The molecule has 3 rings (SSSR count). The molecule has 0 unspecified atom stereocenters. The molecule has 0 aliphatic heterocycles. The van der Waals surface area contributed by atoms with Gasteiger partial charge < -0.3 is 5.32 Å². The average Bonchev–Trinajstić information content (AvgIpc) is 2.59. The molecule has 3 aromatic rings. The number of para-hydroxylation sites is 1. The topological polar surface area (TPSA) is 64.0 Å². The summed E-state index contributed by atoms with van der Waals surface area (Å²) in [5.74, 6) is 0.408. The van der Waals surface area contributed by atoms with Crippen molar-refractivity contribution < 1.29 is 4.79 Å². The van der Waals surface area contributed by atoms with Gasteiger partial charge in [0.1, 0.15) is 0 Å². The van der Waals surface area contributed by atoms with Crippen molar-refractivity contribution in [1.29, 1.82) is 0 Å². The molecule has 0 aliphatic carbocycles. The Balaban J connectivity index is 1.64. The summed E-state index contributed by atoms with van der Waals surface area (Å²) >= 11 is 7.28. The zero-order chi connectivity index (χ0) is 17.8. The number of aromatic nitrogens is 2. The number of nitrogens with zero attached hydrogens (tertiary/aromatic N) is 2. The molecule has 0 fully saturated rings. The summed E-state index contributed by atoms with van der Waals surface area (Å²) in [6, 6.07) is 14.2. The summed E-state index contributed by atoms with van der Waals surface area (Å²) in [5.41, 5.74) is 1.24. The minimum absolute atomic E-state index is 0.0866. The van der Waals surface area contributed by atoms with Gasteiger partial charge in [-0.15, -0.1) is 0 Å². The van der Waals surface area contributed by atoms with Crippen molar-refractivity contribution in [3.8, 4) is 0 Å². The van der Waals surface area contributed by atoms with Crippen molar-refractivity contribution in [1.82, 2.24) is 9.55 Å². The molecule has 1 aromatic heterocycles. The highest BCUT2D eigenvalue weighted by molar-refractivity contribution is 7.99. The van der Waals surface area contributed by atoms with E-state index in [1.54, 1.807) is 37.4 Å². The van der Waals surface area contributed by atoms with Crippen molar-refractivity contribution in [2.24, 2.45) is 7.05 Å². The van der Waals surface area contributed by atoms with Crippen molar-refractivity contribution in [2.75, 3.05) is 11.1 Å². The van der Waals surface area contributed by atoms with Gasteiger partial charge in [0, 0.05) is 29.9 Å². The first-order chi connectivity index (χ1) is 12.0. The van der Waals surface area contributed by atoms with Crippen LogP contribution in [0.5, 0.6) is 0 Å². The van der Waals surface area contributed by atoms with E-state index in [1.165, 1.54) is 16.3 Å². The quantitative estimate of drug-likeness (QED) is 0.547. The fourth-order valence-electron chi connectivity index (χ4n) is 2.35. The first-order valence-corrected chi connectivity index (χ1v) is 9.05. The van der Waals surface area contributed by atoms with Crippen LogP contribution in [0.25, 0.3) is 10.9 Å². The van der Waals surface area contributed by atoms with Gasteiger partial charge in [-0.2, -0.15) is 0 Å². The Hall–Kier alpha value is -2.31. The summed E-state index contributed by atoms with van der Waals surface area (Å²) in [4.78, 5) is 28.9. The first kappa shape index (κ1) is 17.5. The summed E-state index contributed by atoms with van der Waals surface area (Å²) in [6.07, 6.45) is 0.305. The molecule has 0 aliphatic rings. The maximum absolute atomic E-state index is 12.3. The molecule has 1 N–H and O–H groups in total. The van der Waals surface area contributed by atoms with Gasteiger partial charge in [-0.3, -0.25) is 14.2 Å². The Morgan fingerprint density at radius 1 is 1.24 bits per heavy atom. The van der Waals surface area contributed by atoms with E-state index in [-0.39, 0.29) is 11.5 Å². The lowest BCUT2D eigenvalue weighted by molar-refractivity contribution is -0.115. The smallest absolute Gasteiger partial charge is 0.261 e. The third-order valence-electron chi connectivity index (χ3n) is 3.61. The van der Waals surface area contributed by atoms with Gasteiger partial charge in [0.15, 0.2) is 5.16 Å². The number of hydrogen-bond acceptors (Lipinski definition) is 4. The largest absolute Gasteiger partial charge is 0.326 e. The second-order valence-electron chi connectivity index (χ2n) is 5.43. The second kappa shape index (κ2) is 7.72. The summed E-state index contributed by atoms with van der Waals surface area (Å²) in [7, 11) is 1.69. The number of rotatable bonds is 5. The van der Waals surface area contributed by atoms with Crippen LogP contribution in [0, 0.1) is 0 Å². The van der Waals surface area contributed by atoms with Gasteiger partial charge in [-0.25, -0.2) is 4.98 Å². The van der Waals surface area contributed by atoms with Crippen molar-refractivity contribution in [2.45, 2.75) is 11.6 Å². The van der Waals surface area contributed by atoms with Gasteiger partial charge in [0.25, 0.3) is 5.56 Å². The number of hydrogen-bond donors (Lipinski definition) is 1. The van der Waals surface area contributed by atoms with E-state index in [9.17, 15) is 9.59 Å². The predicted octanol–water partition coefficient (Wildman–Crippen LogP) is 3.71. The average molecular weight is 374 g/mol. The zero-order valence-corrected chi connectivity index (χ0v) is 15.1. The lowest BCUT2D eigenvalue weighted by Crippen LogP contribution is -2.20. The molecule has 0 saturated carbocycles. The van der Waals surface area contributed by atoms with Crippen molar-refractivity contribution in [3.63, 3.8) is 0 Å². The molecule has 0 saturated heterocycles. The molecule has 1 heterocycles. The van der Waals surface area contributed by atoms with E-state index >= 15 is 0 Å². The van der Waals surface area contributed by atoms with Gasteiger partial charge >= 0.3 is 0 Å². The monoisotopic (exact) mass is 373 g/mol. The number of nitrogens with one attached hydrogen (secondary N) is 1. The Labute approximate surface area is 154 Å². The van der Waals surface area contributed by atoms with Gasteiger partial charge in [0.05, 0.1) is 10.9 Å². The molecule has 5 nitrogen and oxygen atoms in total. The number of benzene rings is 2. The lowest BCUT2D eigenvalue weighted by Gasteiger charge is -2.09. The van der Waals surface area contributed by atoms with Crippen molar-refractivity contribution in [3.05, 3.63) is 63.9 Å². The van der Waals surface area contributed by atoms with Crippen LogP contribution >= 0.6 is 23.4 Å². The van der Waals surface area contributed by atoms with Crippen LogP contribution < -0.4 is 10.9 Å². The fourth-order valence-corrected chi connectivity index (χ4v) is 3.45. The number of fused-ring (bicyclic) bond motifs is 1. The van der Waals surface area contributed by atoms with Gasteiger partial charge in [-0.05, 0) is 30.3 Å². The highest BCUT2D eigenvalue weighted by Crippen LogP contribution is 2.19. The summed E-state index contributed by atoms with van der Waals surface area (Å²) in [5, 5.41) is 4.56. The van der Waals surface area contributed by atoms with E-state index < -0.39 is 0 Å². The first-order valence-electron chi connectivity index (χ1n) is 7.68. The van der Waals surface area contributed by atoms with Crippen LogP contribution in [0.1, 0.15) is 6.42 Å². The van der Waals surface area contributed by atoms with E-state index in [1.807, 2.05) is 18.2 Å². The molecular weight excluding hydrogens is 358 g/mol. The third kappa shape index (κ3) is 4.21. The maximum atomic E-state index is 12.3. The molecule has 0 radical (unpaired) electrons. The van der Waals surface area contributed by atoms with E-state index in [0.29, 0.717) is 38.9 Å². The maximum Gasteiger partial charge on any atom is 0.261 e. The standard InChI is InChI=1S/C18H16ClN3O2S/c1-22-17(24)14-7-2-3-8-15(14)21-18(22)25-10-9-16(23)20-13-6-4-5-12(19)11-13/h2-8,11H,9-10H2,1H3,(H,20,23). The van der Waals surface area contributed by atoms with Gasteiger partial charge in [-0.1, -0.05) is 41.6 Å². The number of anilines is 1. The van der Waals surface area contributed by atoms with E-state index in [2.05, 4.69) is 10.3 Å². The zero-order valence-electron chi connectivity index (χ0n) is 13.5. The molecule has 7 heteroatoms.